The Morgan fingerprint density at radius 3 is 2.78 bits per heavy atom. The van der Waals surface area contributed by atoms with Crippen LogP contribution in [0.3, 0.4) is 0 Å². The number of piperidine rings is 1. The van der Waals surface area contributed by atoms with Crippen molar-refractivity contribution in [2.45, 2.75) is 45.1 Å². The molecule has 0 saturated carbocycles. The molecule has 0 N–H and O–H groups in total. The van der Waals surface area contributed by atoms with Gasteiger partial charge in [-0.2, -0.15) is 4.98 Å². The van der Waals surface area contributed by atoms with E-state index in [-0.39, 0.29) is 5.41 Å². The Morgan fingerprint density at radius 1 is 1.22 bits per heavy atom. The number of rotatable bonds is 2. The van der Waals surface area contributed by atoms with Crippen molar-refractivity contribution in [3.05, 3.63) is 5.89 Å². The number of aromatic nitrogens is 2. The molecule has 0 bridgehead atoms. The zero-order valence-corrected chi connectivity index (χ0v) is 13.7. The maximum Gasteiger partial charge on any atom is 0.266 e. The van der Waals surface area contributed by atoms with Gasteiger partial charge in [-0.05, 0) is 37.3 Å². The fourth-order valence-electron chi connectivity index (χ4n) is 4.28. The molecule has 1 amide bonds. The summed E-state index contributed by atoms with van der Waals surface area (Å²) in [6.07, 6.45) is 4.88. The smallest absolute Gasteiger partial charge is 0.266 e. The van der Waals surface area contributed by atoms with E-state index in [4.69, 9.17) is 9.26 Å². The normalized spacial score (nSPS) is 29.7. The molecule has 1 aromatic rings. The molecule has 3 fully saturated rings. The summed E-state index contributed by atoms with van der Waals surface area (Å²) in [5.74, 6) is 1.52. The molecule has 23 heavy (non-hydrogen) atoms. The molecule has 1 atom stereocenters. The van der Waals surface area contributed by atoms with Gasteiger partial charge in [-0.25, -0.2) is 0 Å². The van der Waals surface area contributed by atoms with E-state index in [1.165, 1.54) is 0 Å². The molecular formula is C16H24N4O3. The second kappa shape index (κ2) is 5.78. The van der Waals surface area contributed by atoms with E-state index in [2.05, 4.69) is 19.9 Å². The van der Waals surface area contributed by atoms with Crippen molar-refractivity contribution in [1.82, 2.24) is 15.0 Å². The fourth-order valence-corrected chi connectivity index (χ4v) is 4.28. The van der Waals surface area contributed by atoms with Crippen molar-refractivity contribution in [3.63, 3.8) is 0 Å². The number of carbonyl (C=O) groups is 1. The highest BCUT2D eigenvalue weighted by Gasteiger charge is 2.50. The summed E-state index contributed by atoms with van der Waals surface area (Å²) in [6, 6.07) is 0.356. The number of likely N-dealkylation sites (tertiary alicyclic amines) is 1. The van der Waals surface area contributed by atoms with E-state index in [1.807, 2.05) is 0 Å². The lowest BCUT2D eigenvalue weighted by Gasteiger charge is -2.44. The Labute approximate surface area is 136 Å². The lowest BCUT2D eigenvalue weighted by atomic mass is 9.77. The second-order valence-corrected chi connectivity index (χ2v) is 7.01. The van der Waals surface area contributed by atoms with Gasteiger partial charge in [0.05, 0.1) is 5.41 Å². The first-order valence-corrected chi connectivity index (χ1v) is 8.62. The van der Waals surface area contributed by atoms with Gasteiger partial charge in [0.2, 0.25) is 11.8 Å². The highest BCUT2D eigenvalue weighted by atomic mass is 16.5. The van der Waals surface area contributed by atoms with E-state index in [9.17, 15) is 4.79 Å². The third kappa shape index (κ3) is 2.60. The van der Waals surface area contributed by atoms with Crippen molar-refractivity contribution in [2.75, 3.05) is 37.7 Å². The first kappa shape index (κ1) is 14.9. The van der Waals surface area contributed by atoms with Crippen LogP contribution in [0.5, 0.6) is 0 Å². The van der Waals surface area contributed by atoms with Gasteiger partial charge in [-0.15, -0.1) is 0 Å². The predicted octanol–water partition coefficient (Wildman–Crippen LogP) is 1.38. The van der Waals surface area contributed by atoms with Crippen molar-refractivity contribution >= 4 is 11.9 Å². The van der Waals surface area contributed by atoms with Gasteiger partial charge in [-0.3, -0.25) is 4.79 Å². The number of aryl methyl sites for hydroxylation is 1. The van der Waals surface area contributed by atoms with Crippen LogP contribution in [0, 0.1) is 12.3 Å². The number of hydrogen-bond donors (Lipinski definition) is 0. The number of hydrogen-bond acceptors (Lipinski definition) is 6. The third-order valence-electron chi connectivity index (χ3n) is 5.55. The molecule has 7 heteroatoms. The fraction of sp³-hybridized carbons (Fsp3) is 0.812. The molecule has 0 aliphatic carbocycles. The number of anilines is 1. The van der Waals surface area contributed by atoms with Gasteiger partial charge >= 0.3 is 0 Å². The first-order valence-electron chi connectivity index (χ1n) is 8.62. The molecule has 4 rings (SSSR count). The van der Waals surface area contributed by atoms with Crippen LogP contribution in [-0.4, -0.2) is 59.8 Å². The summed E-state index contributed by atoms with van der Waals surface area (Å²) in [5, 5.41) is 4.01. The maximum atomic E-state index is 13.2. The minimum Gasteiger partial charge on any atom is -0.381 e. The summed E-state index contributed by atoms with van der Waals surface area (Å²) in [4.78, 5) is 21.8. The van der Waals surface area contributed by atoms with Crippen molar-refractivity contribution in [3.8, 4) is 0 Å². The SMILES string of the molecule is Cc1nc(N2CCC3(CCCN(C4CCOCC4)C3=O)C2)no1. The average molecular weight is 320 g/mol. The number of amides is 1. The molecule has 3 saturated heterocycles. The molecule has 3 aliphatic rings. The minimum absolute atomic E-state index is 0.259. The highest BCUT2D eigenvalue weighted by Crippen LogP contribution is 2.42. The van der Waals surface area contributed by atoms with Crippen molar-refractivity contribution in [2.24, 2.45) is 5.41 Å². The van der Waals surface area contributed by atoms with E-state index in [0.29, 0.717) is 30.3 Å². The first-order chi connectivity index (χ1) is 11.2. The monoisotopic (exact) mass is 320 g/mol. The van der Waals surface area contributed by atoms with E-state index in [0.717, 1.165) is 58.4 Å². The van der Waals surface area contributed by atoms with Crippen LogP contribution >= 0.6 is 0 Å². The quantitative estimate of drug-likeness (QED) is 0.820. The molecular weight excluding hydrogens is 296 g/mol. The minimum atomic E-state index is -0.259. The molecule has 0 radical (unpaired) electrons. The summed E-state index contributed by atoms with van der Waals surface area (Å²) < 4.78 is 10.5. The lowest BCUT2D eigenvalue weighted by Crippen LogP contribution is -2.54. The predicted molar refractivity (Wildman–Crippen MR) is 83.1 cm³/mol. The largest absolute Gasteiger partial charge is 0.381 e. The summed E-state index contributed by atoms with van der Waals surface area (Å²) in [7, 11) is 0. The molecule has 1 aromatic heterocycles. The van der Waals surface area contributed by atoms with Crippen LogP contribution in [0.2, 0.25) is 0 Å². The standard InChI is InChI=1S/C16H24N4O3/c1-12-17-15(18-23-12)19-8-6-16(11-19)5-2-7-20(14(16)21)13-3-9-22-10-4-13/h13H,2-11H2,1H3. The Morgan fingerprint density at radius 2 is 2.04 bits per heavy atom. The molecule has 4 heterocycles. The average Bonchev–Trinajstić information content (AvgIpc) is 3.18. The molecule has 1 spiro atoms. The van der Waals surface area contributed by atoms with Crippen LogP contribution < -0.4 is 4.90 Å². The Hall–Kier alpha value is -1.63. The molecule has 0 aromatic carbocycles. The maximum absolute atomic E-state index is 13.2. The van der Waals surface area contributed by atoms with E-state index in [1.54, 1.807) is 6.92 Å². The summed E-state index contributed by atoms with van der Waals surface area (Å²) in [6.45, 7) is 5.77. The molecule has 7 nitrogen and oxygen atoms in total. The molecule has 126 valence electrons. The second-order valence-electron chi connectivity index (χ2n) is 7.01. The molecule has 1 unspecified atom stereocenters. The van der Waals surface area contributed by atoms with Crippen LogP contribution in [0.4, 0.5) is 5.95 Å². The van der Waals surface area contributed by atoms with Crippen LogP contribution in [0.15, 0.2) is 4.52 Å². The van der Waals surface area contributed by atoms with Crippen LogP contribution in [0.25, 0.3) is 0 Å². The van der Waals surface area contributed by atoms with Crippen molar-refractivity contribution < 1.29 is 14.1 Å². The number of nitrogens with zero attached hydrogens (tertiary/aromatic N) is 4. The van der Waals surface area contributed by atoms with Crippen molar-refractivity contribution in [1.29, 1.82) is 0 Å². The van der Waals surface area contributed by atoms with Gasteiger partial charge in [0, 0.05) is 45.8 Å². The Kier molecular flexibility index (Phi) is 3.75. The Balaban J connectivity index is 1.50. The van der Waals surface area contributed by atoms with Crippen LogP contribution in [0.1, 0.15) is 38.0 Å². The van der Waals surface area contributed by atoms with Crippen LogP contribution in [-0.2, 0) is 9.53 Å². The lowest BCUT2D eigenvalue weighted by molar-refractivity contribution is -0.149. The Bertz CT molecular complexity index is 584. The zero-order chi connectivity index (χ0) is 15.9. The summed E-state index contributed by atoms with van der Waals surface area (Å²) in [5.41, 5.74) is -0.259. The molecule has 3 aliphatic heterocycles. The van der Waals surface area contributed by atoms with Gasteiger partial charge in [0.1, 0.15) is 0 Å². The summed E-state index contributed by atoms with van der Waals surface area (Å²) >= 11 is 0. The highest BCUT2D eigenvalue weighted by molar-refractivity contribution is 5.85. The third-order valence-corrected chi connectivity index (χ3v) is 5.55. The van der Waals surface area contributed by atoms with E-state index >= 15 is 0 Å². The van der Waals surface area contributed by atoms with Gasteiger partial charge < -0.3 is 19.1 Å². The van der Waals surface area contributed by atoms with E-state index < -0.39 is 0 Å². The topological polar surface area (TPSA) is 71.7 Å². The van der Waals surface area contributed by atoms with Gasteiger partial charge in [0.25, 0.3) is 5.95 Å². The van der Waals surface area contributed by atoms with Gasteiger partial charge in [-0.1, -0.05) is 0 Å². The number of carbonyl (C=O) groups excluding carboxylic acids is 1. The van der Waals surface area contributed by atoms with Gasteiger partial charge in [0.15, 0.2) is 0 Å². The zero-order valence-electron chi connectivity index (χ0n) is 13.7. The number of ether oxygens (including phenoxy) is 1.